The van der Waals surface area contributed by atoms with Gasteiger partial charge in [-0.25, -0.2) is 0 Å². The van der Waals surface area contributed by atoms with Crippen LogP contribution < -0.4 is 11.1 Å². The Morgan fingerprint density at radius 2 is 1.76 bits per heavy atom. The molecule has 102 valence electrons. The standard InChI is InChI=1S/C10H20F3N3O/c1-4-16(5-2)7-6-15-9(3,8(14)17)10(11,12)13/h15H,4-7H2,1-3H3,(H2,14,17). The highest BCUT2D eigenvalue weighted by Gasteiger charge is 2.55. The SMILES string of the molecule is CCN(CC)CCNC(C)(C(N)=O)C(F)(F)F. The van der Waals surface area contributed by atoms with Crippen LogP contribution in [0.5, 0.6) is 0 Å². The Morgan fingerprint density at radius 1 is 1.29 bits per heavy atom. The third-order valence-corrected chi connectivity index (χ3v) is 2.86. The molecular weight excluding hydrogens is 235 g/mol. The van der Waals surface area contributed by atoms with E-state index in [1.165, 1.54) is 0 Å². The number of halogens is 3. The van der Waals surface area contributed by atoms with Crippen LogP contribution in [0.4, 0.5) is 13.2 Å². The number of hydrogen-bond donors (Lipinski definition) is 2. The van der Waals surface area contributed by atoms with Crippen molar-refractivity contribution in [3.8, 4) is 0 Å². The maximum Gasteiger partial charge on any atom is 0.415 e. The van der Waals surface area contributed by atoms with Crippen molar-refractivity contribution in [3.63, 3.8) is 0 Å². The van der Waals surface area contributed by atoms with Crippen molar-refractivity contribution < 1.29 is 18.0 Å². The van der Waals surface area contributed by atoms with Gasteiger partial charge in [0, 0.05) is 13.1 Å². The Labute approximate surface area is 99.3 Å². The monoisotopic (exact) mass is 255 g/mol. The van der Waals surface area contributed by atoms with Crippen LogP contribution in [-0.4, -0.2) is 48.7 Å². The third kappa shape index (κ3) is 4.16. The minimum Gasteiger partial charge on any atom is -0.368 e. The molecule has 0 aliphatic rings. The molecule has 7 heteroatoms. The van der Waals surface area contributed by atoms with Gasteiger partial charge in [0.25, 0.3) is 0 Å². The fourth-order valence-corrected chi connectivity index (χ4v) is 1.33. The summed E-state index contributed by atoms with van der Waals surface area (Å²) >= 11 is 0. The summed E-state index contributed by atoms with van der Waals surface area (Å²) in [5.74, 6) is -1.41. The van der Waals surface area contributed by atoms with Crippen LogP contribution in [0.15, 0.2) is 0 Å². The molecule has 3 N–H and O–H groups in total. The summed E-state index contributed by atoms with van der Waals surface area (Å²) < 4.78 is 38.0. The lowest BCUT2D eigenvalue weighted by Gasteiger charge is -2.31. The van der Waals surface area contributed by atoms with Crippen LogP contribution in [0.2, 0.25) is 0 Å². The molecule has 0 aromatic rings. The first-order chi connectivity index (χ1) is 7.69. The lowest BCUT2D eigenvalue weighted by Crippen LogP contribution is -2.63. The molecule has 0 spiro atoms. The lowest BCUT2D eigenvalue weighted by atomic mass is 10.0. The Bertz CT molecular complexity index is 254. The van der Waals surface area contributed by atoms with E-state index in [1.54, 1.807) is 0 Å². The number of likely N-dealkylation sites (N-methyl/N-ethyl adjacent to an activating group) is 1. The summed E-state index contributed by atoms with van der Waals surface area (Å²) in [6.45, 7) is 6.58. The zero-order valence-corrected chi connectivity index (χ0v) is 10.4. The second kappa shape index (κ2) is 6.20. The summed E-state index contributed by atoms with van der Waals surface area (Å²) in [7, 11) is 0. The van der Waals surface area contributed by atoms with Gasteiger partial charge in [0.15, 0.2) is 5.54 Å². The summed E-state index contributed by atoms with van der Waals surface area (Å²) in [5, 5.41) is 2.19. The molecule has 0 saturated carbocycles. The first kappa shape index (κ1) is 16.2. The number of amides is 1. The minimum atomic E-state index is -4.69. The molecule has 0 aliphatic heterocycles. The molecule has 1 atom stereocenters. The van der Waals surface area contributed by atoms with Gasteiger partial charge in [0.2, 0.25) is 5.91 Å². The van der Waals surface area contributed by atoms with Gasteiger partial charge in [-0.3, -0.25) is 10.1 Å². The average molecular weight is 255 g/mol. The van der Waals surface area contributed by atoms with Crippen molar-refractivity contribution >= 4 is 5.91 Å². The summed E-state index contributed by atoms with van der Waals surface area (Å²) in [6.07, 6.45) is -4.69. The van der Waals surface area contributed by atoms with Crippen molar-refractivity contribution in [1.29, 1.82) is 0 Å². The van der Waals surface area contributed by atoms with Gasteiger partial charge in [-0.05, 0) is 20.0 Å². The van der Waals surface area contributed by atoms with Crippen molar-refractivity contribution in [2.24, 2.45) is 5.73 Å². The first-order valence-corrected chi connectivity index (χ1v) is 5.53. The van der Waals surface area contributed by atoms with E-state index in [-0.39, 0.29) is 6.54 Å². The molecule has 0 aliphatic carbocycles. The van der Waals surface area contributed by atoms with Gasteiger partial charge in [-0.1, -0.05) is 13.8 Å². The largest absolute Gasteiger partial charge is 0.415 e. The summed E-state index contributed by atoms with van der Waals surface area (Å²) in [6, 6.07) is 0. The zero-order valence-electron chi connectivity index (χ0n) is 10.4. The molecule has 0 saturated heterocycles. The molecule has 0 fully saturated rings. The van der Waals surface area contributed by atoms with E-state index in [0.717, 1.165) is 20.0 Å². The van der Waals surface area contributed by atoms with Crippen molar-refractivity contribution in [2.45, 2.75) is 32.5 Å². The van der Waals surface area contributed by atoms with Gasteiger partial charge >= 0.3 is 6.18 Å². The number of primary amides is 1. The van der Waals surface area contributed by atoms with Gasteiger partial charge in [0.1, 0.15) is 0 Å². The quantitative estimate of drug-likeness (QED) is 0.705. The van der Waals surface area contributed by atoms with Crippen LogP contribution >= 0.6 is 0 Å². The lowest BCUT2D eigenvalue weighted by molar-refractivity contribution is -0.194. The van der Waals surface area contributed by atoms with Crippen molar-refractivity contribution in [1.82, 2.24) is 10.2 Å². The van der Waals surface area contributed by atoms with E-state index in [2.05, 4.69) is 5.32 Å². The predicted molar refractivity (Wildman–Crippen MR) is 59.4 cm³/mol. The third-order valence-electron chi connectivity index (χ3n) is 2.86. The number of nitrogens with two attached hydrogens (primary N) is 1. The van der Waals surface area contributed by atoms with Crippen LogP contribution in [0.3, 0.4) is 0 Å². The number of nitrogens with zero attached hydrogens (tertiary/aromatic N) is 1. The maximum atomic E-state index is 12.7. The van der Waals surface area contributed by atoms with E-state index in [0.29, 0.717) is 6.54 Å². The number of rotatable bonds is 7. The zero-order chi connectivity index (χ0) is 13.7. The number of hydrogen-bond acceptors (Lipinski definition) is 3. The van der Waals surface area contributed by atoms with Gasteiger partial charge in [0.05, 0.1) is 0 Å². The van der Waals surface area contributed by atoms with Gasteiger partial charge in [-0.15, -0.1) is 0 Å². The fourth-order valence-electron chi connectivity index (χ4n) is 1.33. The number of carbonyl (C=O) groups is 1. The van der Waals surface area contributed by atoms with Crippen LogP contribution in [-0.2, 0) is 4.79 Å². The Morgan fingerprint density at radius 3 is 2.06 bits per heavy atom. The molecule has 0 radical (unpaired) electrons. The van der Waals surface area contributed by atoms with E-state index in [4.69, 9.17) is 5.73 Å². The maximum absolute atomic E-state index is 12.7. The van der Waals surface area contributed by atoms with E-state index in [1.807, 2.05) is 18.7 Å². The molecule has 0 aromatic heterocycles. The van der Waals surface area contributed by atoms with Gasteiger partial charge in [-0.2, -0.15) is 13.2 Å². The van der Waals surface area contributed by atoms with Gasteiger partial charge < -0.3 is 10.6 Å². The van der Waals surface area contributed by atoms with Crippen LogP contribution in [0.25, 0.3) is 0 Å². The molecule has 1 unspecified atom stereocenters. The van der Waals surface area contributed by atoms with Crippen LogP contribution in [0, 0.1) is 0 Å². The molecule has 0 aromatic carbocycles. The average Bonchev–Trinajstić information content (AvgIpc) is 2.22. The molecule has 17 heavy (non-hydrogen) atoms. The molecule has 0 rings (SSSR count). The summed E-state index contributed by atoms with van der Waals surface area (Å²) in [4.78, 5) is 12.9. The second-order valence-corrected chi connectivity index (χ2v) is 3.94. The summed E-state index contributed by atoms with van der Waals surface area (Å²) in [5.41, 5.74) is 2.14. The van der Waals surface area contributed by atoms with Crippen molar-refractivity contribution in [3.05, 3.63) is 0 Å². The van der Waals surface area contributed by atoms with Crippen molar-refractivity contribution in [2.75, 3.05) is 26.2 Å². The molecular formula is C10H20F3N3O. The molecule has 1 amide bonds. The highest BCUT2D eigenvalue weighted by atomic mass is 19.4. The van der Waals surface area contributed by atoms with E-state index < -0.39 is 17.6 Å². The fraction of sp³-hybridized carbons (Fsp3) is 0.900. The Kier molecular flexibility index (Phi) is 5.91. The first-order valence-electron chi connectivity index (χ1n) is 5.53. The molecule has 4 nitrogen and oxygen atoms in total. The minimum absolute atomic E-state index is 0.0562. The Hall–Kier alpha value is -0.820. The predicted octanol–water partition coefficient (Wildman–Crippen LogP) is 0.724. The van der Waals surface area contributed by atoms with E-state index >= 15 is 0 Å². The normalized spacial score (nSPS) is 15.9. The Balaban J connectivity index is 4.45. The highest BCUT2D eigenvalue weighted by molar-refractivity contribution is 5.85. The number of alkyl halides is 3. The topological polar surface area (TPSA) is 58.4 Å². The number of carbonyl (C=O) groups excluding carboxylic acids is 1. The molecule has 0 bridgehead atoms. The molecule has 0 heterocycles. The smallest absolute Gasteiger partial charge is 0.368 e. The number of nitrogens with one attached hydrogen (secondary N) is 1. The van der Waals surface area contributed by atoms with E-state index in [9.17, 15) is 18.0 Å². The highest BCUT2D eigenvalue weighted by Crippen LogP contribution is 2.29. The second-order valence-electron chi connectivity index (χ2n) is 3.94. The van der Waals surface area contributed by atoms with Crippen LogP contribution in [0.1, 0.15) is 20.8 Å².